The summed E-state index contributed by atoms with van der Waals surface area (Å²) in [5.41, 5.74) is 2.86. The highest BCUT2D eigenvalue weighted by atomic mass is 16.3. The van der Waals surface area contributed by atoms with Gasteiger partial charge in [-0.05, 0) is 35.8 Å². The largest absolute Gasteiger partial charge is 0.451 e. The molecule has 1 aromatic carbocycles. The van der Waals surface area contributed by atoms with Gasteiger partial charge in [-0.1, -0.05) is 12.1 Å². The Kier molecular flexibility index (Phi) is 5.20. The topological polar surface area (TPSA) is 71.6 Å². The summed E-state index contributed by atoms with van der Waals surface area (Å²) in [4.78, 5) is 32.2. The zero-order chi connectivity index (χ0) is 20.4. The molecule has 0 bridgehead atoms. The molecular weight excluding hydrogens is 368 g/mol. The van der Waals surface area contributed by atoms with E-state index in [1.54, 1.807) is 32.7 Å². The monoisotopic (exact) mass is 392 g/mol. The van der Waals surface area contributed by atoms with Gasteiger partial charge in [0.05, 0.1) is 6.33 Å². The quantitative estimate of drug-likeness (QED) is 0.669. The van der Waals surface area contributed by atoms with Crippen LogP contribution in [0.2, 0.25) is 0 Å². The van der Waals surface area contributed by atoms with Crippen LogP contribution in [0, 0.1) is 0 Å². The van der Waals surface area contributed by atoms with Gasteiger partial charge in [0, 0.05) is 57.9 Å². The van der Waals surface area contributed by atoms with E-state index in [-0.39, 0.29) is 11.8 Å². The van der Waals surface area contributed by atoms with Gasteiger partial charge in [0.1, 0.15) is 5.58 Å². The minimum absolute atomic E-state index is 0.146. The third-order valence-corrected chi connectivity index (χ3v) is 5.15. The molecule has 0 radical (unpaired) electrons. The summed E-state index contributed by atoms with van der Waals surface area (Å²) in [6, 6.07) is 7.67. The number of carbonyl (C=O) groups excluding carboxylic acids is 2. The second kappa shape index (κ2) is 7.95. The maximum absolute atomic E-state index is 12.6. The molecule has 3 aromatic rings. The number of aromatic nitrogens is 2. The van der Waals surface area contributed by atoms with Crippen LogP contribution >= 0.6 is 0 Å². The molecule has 0 atom stereocenters. The minimum atomic E-state index is -0.158. The second-order valence-electron chi connectivity index (χ2n) is 7.45. The van der Waals surface area contributed by atoms with Crippen molar-refractivity contribution in [2.75, 3.05) is 27.2 Å². The molecule has 29 heavy (non-hydrogen) atoms. The molecule has 1 aliphatic rings. The second-order valence-corrected chi connectivity index (χ2v) is 7.45. The van der Waals surface area contributed by atoms with E-state index in [9.17, 15) is 9.59 Å². The molecule has 7 nitrogen and oxygen atoms in total. The number of benzene rings is 1. The fraction of sp³-hybridized carbons (Fsp3) is 0.318. The third kappa shape index (κ3) is 4.08. The summed E-state index contributed by atoms with van der Waals surface area (Å²) in [7, 11) is 3.40. The van der Waals surface area contributed by atoms with Crippen LogP contribution in [-0.4, -0.2) is 58.4 Å². The predicted molar refractivity (Wildman–Crippen MR) is 110 cm³/mol. The van der Waals surface area contributed by atoms with E-state index in [0.717, 1.165) is 29.5 Å². The van der Waals surface area contributed by atoms with Gasteiger partial charge in [0.2, 0.25) is 5.91 Å². The van der Waals surface area contributed by atoms with E-state index in [1.807, 2.05) is 33.9 Å². The number of furan rings is 1. The number of aryl methyl sites for hydroxylation is 1. The Morgan fingerprint density at radius 2 is 2.10 bits per heavy atom. The molecule has 0 aliphatic carbocycles. The molecule has 0 saturated heterocycles. The highest BCUT2D eigenvalue weighted by molar-refractivity contribution is 5.96. The summed E-state index contributed by atoms with van der Waals surface area (Å²) >= 11 is 0. The average Bonchev–Trinajstić information content (AvgIpc) is 3.40. The fourth-order valence-corrected chi connectivity index (χ4v) is 3.54. The number of hydrogen-bond acceptors (Lipinski definition) is 4. The van der Waals surface area contributed by atoms with Crippen molar-refractivity contribution >= 4 is 28.4 Å². The van der Waals surface area contributed by atoms with Gasteiger partial charge in [-0.25, -0.2) is 4.98 Å². The molecule has 0 saturated carbocycles. The molecule has 0 unspecified atom stereocenters. The van der Waals surface area contributed by atoms with Crippen molar-refractivity contribution < 1.29 is 14.0 Å². The molecular formula is C22H24N4O3. The first-order valence-electron chi connectivity index (χ1n) is 9.69. The van der Waals surface area contributed by atoms with Crippen molar-refractivity contribution in [1.29, 1.82) is 0 Å². The lowest BCUT2D eigenvalue weighted by atomic mass is 9.99. The van der Waals surface area contributed by atoms with Crippen molar-refractivity contribution in [3.8, 4) is 0 Å². The van der Waals surface area contributed by atoms with E-state index in [2.05, 4.69) is 11.1 Å². The van der Waals surface area contributed by atoms with Gasteiger partial charge in [-0.3, -0.25) is 9.59 Å². The number of carbonyl (C=O) groups is 2. The SMILES string of the molecule is CN(C)C(=O)c1cc2cc(C3=CCCN(C(=O)CCn4ccnc4)C3)ccc2o1. The molecule has 0 fully saturated rings. The molecule has 2 aromatic heterocycles. The Labute approximate surface area is 169 Å². The summed E-state index contributed by atoms with van der Waals surface area (Å²) in [6.45, 7) is 1.97. The first kappa shape index (κ1) is 19.0. The lowest BCUT2D eigenvalue weighted by Gasteiger charge is -2.28. The zero-order valence-electron chi connectivity index (χ0n) is 16.7. The summed E-state index contributed by atoms with van der Waals surface area (Å²) in [5, 5.41) is 0.886. The Morgan fingerprint density at radius 3 is 2.86 bits per heavy atom. The molecule has 3 heterocycles. The predicted octanol–water partition coefficient (Wildman–Crippen LogP) is 3.04. The number of nitrogens with zero attached hydrogens (tertiary/aromatic N) is 4. The van der Waals surface area contributed by atoms with Crippen LogP contribution in [0.3, 0.4) is 0 Å². The van der Waals surface area contributed by atoms with Crippen LogP contribution in [0.1, 0.15) is 29.0 Å². The van der Waals surface area contributed by atoms with Gasteiger partial charge < -0.3 is 18.8 Å². The Morgan fingerprint density at radius 1 is 1.24 bits per heavy atom. The summed E-state index contributed by atoms with van der Waals surface area (Å²) < 4.78 is 7.59. The van der Waals surface area contributed by atoms with Gasteiger partial charge in [-0.15, -0.1) is 0 Å². The molecule has 7 heteroatoms. The van der Waals surface area contributed by atoms with Crippen molar-refractivity contribution in [2.45, 2.75) is 19.4 Å². The Hall–Kier alpha value is -3.35. The summed E-state index contributed by atoms with van der Waals surface area (Å²) in [6.07, 6.45) is 8.79. The first-order chi connectivity index (χ1) is 14.0. The smallest absolute Gasteiger partial charge is 0.289 e. The van der Waals surface area contributed by atoms with E-state index >= 15 is 0 Å². The minimum Gasteiger partial charge on any atom is -0.451 e. The lowest BCUT2D eigenvalue weighted by Crippen LogP contribution is -2.35. The highest BCUT2D eigenvalue weighted by Crippen LogP contribution is 2.27. The average molecular weight is 392 g/mol. The van der Waals surface area contributed by atoms with Gasteiger partial charge in [-0.2, -0.15) is 0 Å². The number of amides is 2. The third-order valence-electron chi connectivity index (χ3n) is 5.15. The lowest BCUT2D eigenvalue weighted by molar-refractivity contribution is -0.130. The normalized spacial score (nSPS) is 14.1. The van der Waals surface area contributed by atoms with E-state index < -0.39 is 0 Å². The number of imidazole rings is 1. The molecule has 0 N–H and O–H groups in total. The van der Waals surface area contributed by atoms with Crippen LogP contribution < -0.4 is 0 Å². The van der Waals surface area contributed by atoms with Crippen LogP contribution in [0.4, 0.5) is 0 Å². The van der Waals surface area contributed by atoms with Crippen LogP contribution in [0.25, 0.3) is 16.5 Å². The van der Waals surface area contributed by atoms with Gasteiger partial charge in [0.15, 0.2) is 5.76 Å². The van der Waals surface area contributed by atoms with Crippen LogP contribution in [-0.2, 0) is 11.3 Å². The van der Waals surface area contributed by atoms with Crippen molar-refractivity contribution in [3.05, 3.63) is 60.4 Å². The summed E-state index contributed by atoms with van der Waals surface area (Å²) in [5.74, 6) is 0.318. The molecule has 0 spiro atoms. The Balaban J connectivity index is 1.47. The van der Waals surface area contributed by atoms with Crippen molar-refractivity contribution in [1.82, 2.24) is 19.4 Å². The van der Waals surface area contributed by atoms with Gasteiger partial charge in [0.25, 0.3) is 5.91 Å². The molecule has 1 aliphatic heterocycles. The van der Waals surface area contributed by atoms with Crippen molar-refractivity contribution in [3.63, 3.8) is 0 Å². The zero-order valence-corrected chi connectivity index (χ0v) is 16.7. The highest BCUT2D eigenvalue weighted by Gasteiger charge is 2.20. The number of rotatable bonds is 5. The van der Waals surface area contributed by atoms with Crippen LogP contribution in [0.15, 0.2) is 53.5 Å². The molecule has 150 valence electrons. The number of hydrogen-bond donors (Lipinski definition) is 0. The van der Waals surface area contributed by atoms with Gasteiger partial charge >= 0.3 is 0 Å². The number of fused-ring (bicyclic) bond motifs is 1. The fourth-order valence-electron chi connectivity index (χ4n) is 3.54. The van der Waals surface area contributed by atoms with E-state index in [1.165, 1.54) is 4.90 Å². The first-order valence-corrected chi connectivity index (χ1v) is 9.69. The Bertz CT molecular complexity index is 1060. The van der Waals surface area contributed by atoms with Crippen LogP contribution in [0.5, 0.6) is 0 Å². The van der Waals surface area contributed by atoms with E-state index in [0.29, 0.717) is 30.9 Å². The van der Waals surface area contributed by atoms with E-state index in [4.69, 9.17) is 4.42 Å². The maximum Gasteiger partial charge on any atom is 0.289 e. The molecule has 2 amide bonds. The maximum atomic E-state index is 12.6. The standard InChI is InChI=1S/C22H24N4O3/c1-24(2)22(28)20-13-18-12-16(5-6-19(18)29-20)17-4-3-9-26(14-17)21(27)7-10-25-11-8-23-15-25/h4-6,8,11-13,15H,3,7,9-10,14H2,1-2H3. The van der Waals surface area contributed by atoms with Crippen molar-refractivity contribution in [2.24, 2.45) is 0 Å². The molecule has 4 rings (SSSR count).